The normalized spacial score (nSPS) is 18.0. The van der Waals surface area contributed by atoms with Crippen molar-refractivity contribution in [3.05, 3.63) is 35.5 Å². The van der Waals surface area contributed by atoms with E-state index in [9.17, 15) is 9.59 Å². The summed E-state index contributed by atoms with van der Waals surface area (Å²) in [4.78, 5) is 28.8. The zero-order valence-electron chi connectivity index (χ0n) is 14.0. The number of carboxylic acid groups (broad SMARTS) is 1. The summed E-state index contributed by atoms with van der Waals surface area (Å²) in [6.07, 6.45) is 5.95. The summed E-state index contributed by atoms with van der Waals surface area (Å²) in [7, 11) is 0. The number of fused-ring (bicyclic) bond motifs is 1. The van der Waals surface area contributed by atoms with Gasteiger partial charge in [-0.2, -0.15) is 0 Å². The minimum Gasteiger partial charge on any atom is -0.481 e. The topological polar surface area (TPSA) is 73.4 Å². The molecule has 2 heterocycles. The first kappa shape index (κ1) is 16.6. The SMILES string of the molecule is Cc1cccc2[nH]cc(CC(=O)N3CCCCC3CCC(=O)O)c12. The molecule has 128 valence electrons. The summed E-state index contributed by atoms with van der Waals surface area (Å²) < 4.78 is 0. The quantitative estimate of drug-likeness (QED) is 0.885. The van der Waals surface area contributed by atoms with E-state index in [1.807, 2.05) is 23.2 Å². The molecule has 3 rings (SSSR count). The Morgan fingerprint density at radius 1 is 1.33 bits per heavy atom. The Morgan fingerprint density at radius 2 is 2.17 bits per heavy atom. The van der Waals surface area contributed by atoms with E-state index in [1.54, 1.807) is 0 Å². The lowest BCUT2D eigenvalue weighted by atomic mass is 9.96. The van der Waals surface area contributed by atoms with Gasteiger partial charge in [0.2, 0.25) is 5.91 Å². The molecule has 0 bridgehead atoms. The van der Waals surface area contributed by atoms with Gasteiger partial charge < -0.3 is 15.0 Å². The van der Waals surface area contributed by atoms with Crippen LogP contribution in [0.2, 0.25) is 0 Å². The molecular formula is C19H24N2O3. The van der Waals surface area contributed by atoms with Gasteiger partial charge in [0.05, 0.1) is 6.42 Å². The van der Waals surface area contributed by atoms with E-state index in [-0.39, 0.29) is 18.4 Å². The highest BCUT2D eigenvalue weighted by atomic mass is 16.4. The fraction of sp³-hybridized carbons (Fsp3) is 0.474. The van der Waals surface area contributed by atoms with Crippen LogP contribution in [0, 0.1) is 6.92 Å². The van der Waals surface area contributed by atoms with Crippen LogP contribution in [0.15, 0.2) is 24.4 Å². The van der Waals surface area contributed by atoms with Gasteiger partial charge in [0.25, 0.3) is 0 Å². The van der Waals surface area contributed by atoms with Crippen molar-refractivity contribution in [1.29, 1.82) is 0 Å². The molecule has 1 atom stereocenters. The molecule has 0 aliphatic carbocycles. The minimum absolute atomic E-state index is 0.0636. The predicted octanol–water partition coefficient (Wildman–Crippen LogP) is 3.26. The number of carbonyl (C=O) groups is 2. The van der Waals surface area contributed by atoms with Crippen molar-refractivity contribution in [3.8, 4) is 0 Å². The molecule has 2 aromatic rings. The van der Waals surface area contributed by atoms with Gasteiger partial charge in [-0.3, -0.25) is 9.59 Å². The number of hydrogen-bond acceptors (Lipinski definition) is 2. The molecule has 5 nitrogen and oxygen atoms in total. The average molecular weight is 328 g/mol. The van der Waals surface area contributed by atoms with Gasteiger partial charge in [0.1, 0.15) is 0 Å². The molecule has 2 N–H and O–H groups in total. The van der Waals surface area contributed by atoms with E-state index in [0.717, 1.165) is 47.8 Å². The van der Waals surface area contributed by atoms with Crippen molar-refractivity contribution in [2.45, 2.75) is 51.5 Å². The molecule has 5 heteroatoms. The summed E-state index contributed by atoms with van der Waals surface area (Å²) >= 11 is 0. The monoisotopic (exact) mass is 328 g/mol. The highest BCUT2D eigenvalue weighted by molar-refractivity contribution is 5.91. The molecule has 1 saturated heterocycles. The Balaban J connectivity index is 1.75. The van der Waals surface area contributed by atoms with Crippen LogP contribution in [0.25, 0.3) is 10.9 Å². The van der Waals surface area contributed by atoms with Crippen LogP contribution >= 0.6 is 0 Å². The number of aryl methyl sites for hydroxylation is 1. The zero-order chi connectivity index (χ0) is 17.1. The summed E-state index contributed by atoms with van der Waals surface area (Å²) in [6.45, 7) is 2.80. The van der Waals surface area contributed by atoms with E-state index >= 15 is 0 Å². The first-order chi connectivity index (χ1) is 11.6. The van der Waals surface area contributed by atoms with Gasteiger partial charge >= 0.3 is 5.97 Å². The van der Waals surface area contributed by atoms with Crippen LogP contribution in [0.1, 0.15) is 43.2 Å². The molecule has 1 aromatic heterocycles. The van der Waals surface area contributed by atoms with Gasteiger partial charge in [-0.25, -0.2) is 0 Å². The van der Waals surface area contributed by atoms with Crippen LogP contribution in [0.5, 0.6) is 0 Å². The van der Waals surface area contributed by atoms with Gasteiger partial charge in [-0.05, 0) is 49.8 Å². The predicted molar refractivity (Wildman–Crippen MR) is 93.0 cm³/mol. The number of amides is 1. The van der Waals surface area contributed by atoms with Gasteiger partial charge in [-0.1, -0.05) is 12.1 Å². The average Bonchev–Trinajstić information content (AvgIpc) is 2.97. The Bertz CT molecular complexity index is 750. The zero-order valence-corrected chi connectivity index (χ0v) is 14.0. The maximum absolute atomic E-state index is 12.8. The number of nitrogens with one attached hydrogen (secondary N) is 1. The Kier molecular flexibility index (Phi) is 4.88. The van der Waals surface area contributed by atoms with Crippen LogP contribution in [-0.4, -0.2) is 39.5 Å². The number of aromatic nitrogens is 1. The molecule has 1 amide bonds. The van der Waals surface area contributed by atoms with E-state index in [2.05, 4.69) is 18.0 Å². The Hall–Kier alpha value is -2.30. The number of aromatic amines is 1. The van der Waals surface area contributed by atoms with Crippen LogP contribution in [0.3, 0.4) is 0 Å². The molecule has 1 aliphatic rings. The van der Waals surface area contributed by atoms with Crippen molar-refractivity contribution in [1.82, 2.24) is 9.88 Å². The lowest BCUT2D eigenvalue weighted by Gasteiger charge is -2.35. The molecule has 1 aromatic carbocycles. The van der Waals surface area contributed by atoms with E-state index in [0.29, 0.717) is 12.8 Å². The second-order valence-electron chi connectivity index (χ2n) is 6.66. The number of piperidine rings is 1. The third kappa shape index (κ3) is 3.45. The van der Waals surface area contributed by atoms with Gasteiger partial charge in [0, 0.05) is 36.1 Å². The second kappa shape index (κ2) is 7.07. The van der Waals surface area contributed by atoms with Crippen LogP contribution in [-0.2, 0) is 16.0 Å². The van der Waals surface area contributed by atoms with Crippen molar-refractivity contribution in [3.63, 3.8) is 0 Å². The number of aliphatic carboxylic acids is 1. The first-order valence-corrected chi connectivity index (χ1v) is 8.63. The maximum atomic E-state index is 12.8. The number of likely N-dealkylation sites (tertiary alicyclic amines) is 1. The van der Waals surface area contributed by atoms with Crippen molar-refractivity contribution in [2.24, 2.45) is 0 Å². The number of nitrogens with zero attached hydrogens (tertiary/aromatic N) is 1. The molecule has 24 heavy (non-hydrogen) atoms. The Morgan fingerprint density at radius 3 is 2.96 bits per heavy atom. The largest absolute Gasteiger partial charge is 0.481 e. The van der Waals surface area contributed by atoms with Crippen molar-refractivity contribution in [2.75, 3.05) is 6.54 Å². The summed E-state index contributed by atoms with van der Waals surface area (Å²) in [5.41, 5.74) is 3.24. The smallest absolute Gasteiger partial charge is 0.303 e. The fourth-order valence-corrected chi connectivity index (χ4v) is 3.77. The standard InChI is InChI=1S/C19H24N2O3/c1-13-5-4-7-16-19(13)14(12-20-16)11-17(22)21-10-3-2-6-15(21)8-9-18(23)24/h4-5,7,12,15,20H,2-3,6,8-11H2,1H3,(H,23,24). The number of carboxylic acids is 1. The van der Waals surface area contributed by atoms with Crippen molar-refractivity contribution < 1.29 is 14.7 Å². The van der Waals surface area contributed by atoms with Crippen LogP contribution < -0.4 is 0 Å². The number of hydrogen-bond donors (Lipinski definition) is 2. The van der Waals surface area contributed by atoms with E-state index in [4.69, 9.17) is 5.11 Å². The minimum atomic E-state index is -0.791. The van der Waals surface area contributed by atoms with Gasteiger partial charge in [-0.15, -0.1) is 0 Å². The fourth-order valence-electron chi connectivity index (χ4n) is 3.77. The third-order valence-corrected chi connectivity index (χ3v) is 4.98. The number of benzene rings is 1. The number of H-pyrrole nitrogens is 1. The third-order valence-electron chi connectivity index (χ3n) is 4.98. The molecule has 0 saturated carbocycles. The lowest BCUT2D eigenvalue weighted by molar-refractivity contribution is -0.139. The number of carbonyl (C=O) groups excluding carboxylic acids is 1. The lowest BCUT2D eigenvalue weighted by Crippen LogP contribution is -2.44. The molecular weight excluding hydrogens is 304 g/mol. The maximum Gasteiger partial charge on any atom is 0.303 e. The molecule has 1 unspecified atom stereocenters. The summed E-state index contributed by atoms with van der Waals surface area (Å²) in [5.74, 6) is -0.686. The molecule has 0 radical (unpaired) electrons. The Labute approximate surface area is 141 Å². The highest BCUT2D eigenvalue weighted by Crippen LogP contribution is 2.25. The summed E-state index contributed by atoms with van der Waals surface area (Å²) in [5, 5.41) is 10.0. The first-order valence-electron chi connectivity index (χ1n) is 8.63. The van der Waals surface area contributed by atoms with Crippen LogP contribution in [0.4, 0.5) is 0 Å². The van der Waals surface area contributed by atoms with Crippen molar-refractivity contribution >= 4 is 22.8 Å². The van der Waals surface area contributed by atoms with Gasteiger partial charge in [0.15, 0.2) is 0 Å². The highest BCUT2D eigenvalue weighted by Gasteiger charge is 2.27. The van der Waals surface area contributed by atoms with E-state index < -0.39 is 5.97 Å². The molecule has 1 fully saturated rings. The molecule has 1 aliphatic heterocycles. The molecule has 0 spiro atoms. The van der Waals surface area contributed by atoms with E-state index in [1.165, 1.54) is 0 Å². The number of rotatable bonds is 5. The second-order valence-corrected chi connectivity index (χ2v) is 6.66. The summed E-state index contributed by atoms with van der Waals surface area (Å²) in [6, 6.07) is 6.15.